The molecule has 0 saturated carbocycles. The highest BCUT2D eigenvalue weighted by atomic mass is 32.1. The molecule has 58 valence electrons. The Hall–Kier alpha value is -0.900. The van der Waals surface area contributed by atoms with Crippen LogP contribution < -0.4 is 0 Å². The Morgan fingerprint density at radius 1 is 1.27 bits per heavy atom. The summed E-state index contributed by atoms with van der Waals surface area (Å²) in [6.07, 6.45) is 0. The lowest BCUT2D eigenvalue weighted by atomic mass is 10.7. The molecular weight excluding hydrogens is 158 g/mol. The Bertz CT molecular complexity index is 399. The Morgan fingerprint density at radius 2 is 2.00 bits per heavy atom. The van der Waals surface area contributed by atoms with E-state index in [1.165, 1.54) is 0 Å². The number of fused-ring (bicyclic) bond motifs is 1. The molecule has 0 aromatic carbocycles. The van der Waals surface area contributed by atoms with Crippen molar-refractivity contribution in [2.75, 3.05) is 0 Å². The van der Waals surface area contributed by atoms with E-state index in [9.17, 15) is 0 Å². The van der Waals surface area contributed by atoms with Crippen LogP contribution in [0, 0.1) is 13.8 Å². The van der Waals surface area contributed by atoms with E-state index in [4.69, 9.17) is 0 Å². The van der Waals surface area contributed by atoms with Gasteiger partial charge in [0.1, 0.15) is 5.82 Å². The first-order valence-corrected chi connectivity index (χ1v) is 4.26. The van der Waals surface area contributed by atoms with Crippen LogP contribution >= 0.6 is 11.3 Å². The summed E-state index contributed by atoms with van der Waals surface area (Å²) in [7, 11) is 1.99. The molecule has 0 bridgehead atoms. The summed E-state index contributed by atoms with van der Waals surface area (Å²) < 4.78 is 2.01. The van der Waals surface area contributed by atoms with Crippen molar-refractivity contribution in [1.82, 2.24) is 14.5 Å². The molecule has 0 saturated heterocycles. The molecule has 3 nitrogen and oxygen atoms in total. The maximum absolute atomic E-state index is 4.35. The van der Waals surface area contributed by atoms with Crippen LogP contribution in [0.1, 0.15) is 10.8 Å². The molecule has 4 heteroatoms. The number of imidazole rings is 1. The van der Waals surface area contributed by atoms with Crippen LogP contribution in [-0.2, 0) is 7.05 Å². The normalized spacial score (nSPS) is 11.2. The Balaban J connectivity index is 2.88. The van der Waals surface area contributed by atoms with Crippen LogP contribution in [0.5, 0.6) is 0 Å². The number of nitrogens with zero attached hydrogens (tertiary/aromatic N) is 3. The highest BCUT2D eigenvalue weighted by Gasteiger charge is 2.07. The molecule has 11 heavy (non-hydrogen) atoms. The van der Waals surface area contributed by atoms with Gasteiger partial charge >= 0.3 is 0 Å². The van der Waals surface area contributed by atoms with E-state index in [2.05, 4.69) is 9.97 Å². The van der Waals surface area contributed by atoms with Crippen molar-refractivity contribution in [3.05, 3.63) is 10.8 Å². The number of rotatable bonds is 0. The number of aromatic nitrogens is 3. The minimum absolute atomic E-state index is 1.00. The van der Waals surface area contributed by atoms with Gasteiger partial charge in [-0.3, -0.25) is 0 Å². The zero-order chi connectivity index (χ0) is 8.01. The molecule has 0 amide bonds. The van der Waals surface area contributed by atoms with Crippen LogP contribution in [0.15, 0.2) is 0 Å². The van der Waals surface area contributed by atoms with Gasteiger partial charge in [0.15, 0.2) is 10.5 Å². The Kier molecular flexibility index (Phi) is 1.26. The number of hydrogen-bond donors (Lipinski definition) is 0. The van der Waals surface area contributed by atoms with Crippen molar-refractivity contribution in [1.29, 1.82) is 0 Å². The van der Waals surface area contributed by atoms with Crippen molar-refractivity contribution in [3.8, 4) is 0 Å². The molecule has 2 aromatic heterocycles. The van der Waals surface area contributed by atoms with Crippen LogP contribution in [-0.4, -0.2) is 14.5 Å². The van der Waals surface area contributed by atoms with Crippen LogP contribution in [0.2, 0.25) is 0 Å². The minimum atomic E-state index is 1.00. The average molecular weight is 167 g/mol. The molecule has 0 spiro atoms. The fraction of sp³-hybridized carbons (Fsp3) is 0.429. The van der Waals surface area contributed by atoms with Gasteiger partial charge in [-0.2, -0.15) is 0 Å². The number of thiazole rings is 1. The molecule has 0 N–H and O–H groups in total. The highest BCUT2D eigenvalue weighted by Crippen LogP contribution is 2.20. The van der Waals surface area contributed by atoms with Gasteiger partial charge in [-0.15, -0.1) is 0 Å². The third kappa shape index (κ3) is 0.860. The van der Waals surface area contributed by atoms with Crippen molar-refractivity contribution >= 4 is 21.8 Å². The van der Waals surface area contributed by atoms with E-state index in [0.717, 1.165) is 21.3 Å². The van der Waals surface area contributed by atoms with E-state index in [1.807, 2.05) is 25.5 Å². The topological polar surface area (TPSA) is 30.7 Å². The first-order valence-electron chi connectivity index (χ1n) is 3.45. The van der Waals surface area contributed by atoms with Gasteiger partial charge < -0.3 is 4.57 Å². The fourth-order valence-electron chi connectivity index (χ4n) is 1.07. The molecule has 0 aliphatic heterocycles. The lowest BCUT2D eigenvalue weighted by Crippen LogP contribution is -1.91. The van der Waals surface area contributed by atoms with Gasteiger partial charge in [0.2, 0.25) is 0 Å². The molecule has 0 atom stereocenters. The van der Waals surface area contributed by atoms with Gasteiger partial charge in [0, 0.05) is 7.05 Å². The van der Waals surface area contributed by atoms with Crippen LogP contribution in [0.3, 0.4) is 0 Å². The van der Waals surface area contributed by atoms with Gasteiger partial charge in [-0.05, 0) is 13.8 Å². The average Bonchev–Trinajstić information content (AvgIpc) is 2.37. The monoisotopic (exact) mass is 167 g/mol. The smallest absolute Gasteiger partial charge is 0.171 e. The van der Waals surface area contributed by atoms with Gasteiger partial charge in [-0.1, -0.05) is 11.3 Å². The third-order valence-corrected chi connectivity index (χ3v) is 2.62. The zero-order valence-corrected chi connectivity index (χ0v) is 7.57. The quantitative estimate of drug-likeness (QED) is 0.597. The second-order valence-electron chi connectivity index (χ2n) is 2.58. The van der Waals surface area contributed by atoms with E-state index >= 15 is 0 Å². The van der Waals surface area contributed by atoms with Crippen LogP contribution in [0.4, 0.5) is 0 Å². The summed E-state index contributed by atoms with van der Waals surface area (Å²) >= 11 is 1.64. The molecule has 2 rings (SSSR count). The van der Waals surface area contributed by atoms with Crippen molar-refractivity contribution in [3.63, 3.8) is 0 Å². The minimum Gasteiger partial charge on any atom is -0.315 e. The predicted molar refractivity (Wildman–Crippen MR) is 45.9 cm³/mol. The van der Waals surface area contributed by atoms with Crippen LogP contribution in [0.25, 0.3) is 10.5 Å². The van der Waals surface area contributed by atoms with Gasteiger partial charge in [-0.25, -0.2) is 9.97 Å². The first-order chi connectivity index (χ1) is 5.18. The van der Waals surface area contributed by atoms with Gasteiger partial charge in [0.25, 0.3) is 0 Å². The summed E-state index contributed by atoms with van der Waals surface area (Å²) in [5.41, 5.74) is 1.00. The maximum Gasteiger partial charge on any atom is 0.171 e. The molecule has 2 heterocycles. The molecule has 0 fully saturated rings. The summed E-state index contributed by atoms with van der Waals surface area (Å²) in [6.45, 7) is 3.99. The van der Waals surface area contributed by atoms with Crippen molar-refractivity contribution in [2.24, 2.45) is 7.05 Å². The maximum atomic E-state index is 4.35. The lowest BCUT2D eigenvalue weighted by molar-refractivity contribution is 0.872. The van der Waals surface area contributed by atoms with Gasteiger partial charge in [0.05, 0.1) is 5.01 Å². The number of aryl methyl sites for hydroxylation is 3. The van der Waals surface area contributed by atoms with E-state index in [0.29, 0.717) is 0 Å². The summed E-state index contributed by atoms with van der Waals surface area (Å²) in [5.74, 6) is 1.03. The second kappa shape index (κ2) is 2.04. The highest BCUT2D eigenvalue weighted by molar-refractivity contribution is 7.18. The van der Waals surface area contributed by atoms with E-state index in [1.54, 1.807) is 11.3 Å². The third-order valence-electron chi connectivity index (χ3n) is 1.77. The molecular formula is C7H9N3S. The van der Waals surface area contributed by atoms with Crippen molar-refractivity contribution in [2.45, 2.75) is 13.8 Å². The SMILES string of the molecule is Cc1nc2c(nc(C)n2C)s1. The summed E-state index contributed by atoms with van der Waals surface area (Å²) in [6, 6.07) is 0. The molecule has 0 aliphatic carbocycles. The zero-order valence-electron chi connectivity index (χ0n) is 6.75. The number of hydrogen-bond acceptors (Lipinski definition) is 3. The van der Waals surface area contributed by atoms with Crippen molar-refractivity contribution < 1.29 is 0 Å². The predicted octanol–water partition coefficient (Wildman–Crippen LogP) is 1.65. The summed E-state index contributed by atoms with van der Waals surface area (Å²) in [5, 5.41) is 1.08. The molecule has 0 aliphatic rings. The second-order valence-corrected chi connectivity index (χ2v) is 3.76. The largest absolute Gasteiger partial charge is 0.315 e. The summed E-state index contributed by atoms with van der Waals surface area (Å²) in [4.78, 5) is 9.75. The Morgan fingerprint density at radius 3 is 2.64 bits per heavy atom. The standard InChI is InChI=1S/C7H9N3S/c1-4-8-7-6(10(4)3)9-5(2)11-7/h1-3H3. The Labute approximate surface area is 68.7 Å². The molecule has 2 aromatic rings. The lowest BCUT2D eigenvalue weighted by Gasteiger charge is -1.90. The molecule has 0 unspecified atom stereocenters. The van der Waals surface area contributed by atoms with E-state index in [-0.39, 0.29) is 0 Å². The van der Waals surface area contributed by atoms with E-state index < -0.39 is 0 Å². The fourth-order valence-corrected chi connectivity index (χ4v) is 1.94. The molecule has 0 radical (unpaired) electrons. The first kappa shape index (κ1) is 6.79.